The number of ether oxygens (including phenoxy) is 1. The minimum Gasteiger partial charge on any atom is -0.493 e. The molecule has 6 nitrogen and oxygen atoms in total. The molecule has 6 heteroatoms. The molecule has 0 bridgehead atoms. The number of carbonyl (C=O) groups is 2. The lowest BCUT2D eigenvalue weighted by atomic mass is 10.1. The second-order valence-electron chi connectivity index (χ2n) is 8.41. The largest absolute Gasteiger partial charge is 0.493 e. The highest BCUT2D eigenvalue weighted by atomic mass is 16.5. The van der Waals surface area contributed by atoms with Gasteiger partial charge < -0.3 is 20.7 Å². The minimum absolute atomic E-state index is 0.123. The first-order valence-electron chi connectivity index (χ1n) is 9.81. The Morgan fingerprint density at radius 1 is 0.931 bits per heavy atom. The zero-order valence-electron chi connectivity index (χ0n) is 17.8. The lowest BCUT2D eigenvalue weighted by Gasteiger charge is -2.20. The Hall–Kier alpha value is -3.02. The number of anilines is 2. The van der Waals surface area contributed by atoms with Crippen LogP contribution >= 0.6 is 0 Å². The Balaban J connectivity index is 1.81. The van der Waals surface area contributed by atoms with E-state index in [0.29, 0.717) is 23.8 Å². The van der Waals surface area contributed by atoms with E-state index in [4.69, 9.17) is 4.74 Å². The summed E-state index contributed by atoms with van der Waals surface area (Å²) in [5, 5.41) is 8.81. The van der Waals surface area contributed by atoms with Crippen molar-refractivity contribution in [2.24, 2.45) is 5.92 Å². The molecule has 156 valence electrons. The van der Waals surface area contributed by atoms with Gasteiger partial charge in [0.15, 0.2) is 0 Å². The van der Waals surface area contributed by atoms with E-state index < -0.39 is 0 Å². The topological polar surface area (TPSA) is 79.5 Å². The van der Waals surface area contributed by atoms with Gasteiger partial charge in [-0.25, -0.2) is 0 Å². The molecule has 0 atom stereocenters. The van der Waals surface area contributed by atoms with Crippen LogP contribution in [-0.2, 0) is 4.79 Å². The fourth-order valence-electron chi connectivity index (χ4n) is 2.44. The summed E-state index contributed by atoms with van der Waals surface area (Å²) in [6, 6.07) is 14.3. The van der Waals surface area contributed by atoms with Crippen LogP contribution in [0.15, 0.2) is 48.5 Å². The van der Waals surface area contributed by atoms with Gasteiger partial charge in [0.05, 0.1) is 13.2 Å². The number of carbonyl (C=O) groups excluding carboxylic acids is 2. The molecule has 2 aromatic rings. The van der Waals surface area contributed by atoms with Gasteiger partial charge in [-0.15, -0.1) is 0 Å². The van der Waals surface area contributed by atoms with Gasteiger partial charge in [-0.3, -0.25) is 9.59 Å². The Kier molecular flexibility index (Phi) is 7.65. The Morgan fingerprint density at radius 3 is 2.07 bits per heavy atom. The van der Waals surface area contributed by atoms with Crippen LogP contribution < -0.4 is 20.7 Å². The molecule has 0 spiro atoms. The van der Waals surface area contributed by atoms with Crippen molar-refractivity contribution in [3.8, 4) is 5.75 Å². The Morgan fingerprint density at radius 2 is 1.52 bits per heavy atom. The minimum atomic E-state index is -0.287. The van der Waals surface area contributed by atoms with Gasteiger partial charge in [0.25, 0.3) is 5.91 Å². The summed E-state index contributed by atoms with van der Waals surface area (Å²) in [7, 11) is 0. The van der Waals surface area contributed by atoms with Crippen molar-refractivity contribution in [3.05, 3.63) is 54.1 Å². The van der Waals surface area contributed by atoms with Crippen LogP contribution in [0, 0.1) is 5.92 Å². The van der Waals surface area contributed by atoms with Gasteiger partial charge in [0.1, 0.15) is 5.75 Å². The number of benzene rings is 2. The second-order valence-corrected chi connectivity index (χ2v) is 8.41. The predicted octanol–water partition coefficient (Wildman–Crippen LogP) is 4.30. The smallest absolute Gasteiger partial charge is 0.251 e. The maximum atomic E-state index is 12.1. The van der Waals surface area contributed by atoms with Crippen molar-refractivity contribution in [3.63, 3.8) is 0 Å². The van der Waals surface area contributed by atoms with Crippen molar-refractivity contribution in [1.29, 1.82) is 0 Å². The number of amides is 2. The quantitative estimate of drug-likeness (QED) is 0.620. The molecule has 0 aliphatic rings. The molecule has 0 heterocycles. The van der Waals surface area contributed by atoms with Crippen molar-refractivity contribution >= 4 is 23.2 Å². The highest BCUT2D eigenvalue weighted by Gasteiger charge is 2.15. The molecule has 29 heavy (non-hydrogen) atoms. The van der Waals surface area contributed by atoms with Gasteiger partial charge in [-0.05, 0) is 75.2 Å². The third-order valence-corrected chi connectivity index (χ3v) is 3.81. The molecule has 2 aromatic carbocycles. The van der Waals surface area contributed by atoms with E-state index in [1.54, 1.807) is 24.3 Å². The van der Waals surface area contributed by atoms with Crippen LogP contribution in [0.5, 0.6) is 5.75 Å². The first-order chi connectivity index (χ1) is 13.6. The zero-order valence-corrected chi connectivity index (χ0v) is 17.8. The fourth-order valence-corrected chi connectivity index (χ4v) is 2.44. The van der Waals surface area contributed by atoms with E-state index in [1.807, 2.05) is 45.0 Å². The van der Waals surface area contributed by atoms with Crippen LogP contribution in [0.1, 0.15) is 45.0 Å². The standard InChI is InChI=1S/C23H31N3O3/c1-16(2)15-29-20-12-10-19(11-13-20)25-21(27)14-24-18-8-6-17(7-9-18)22(28)26-23(3,4)5/h6-13,16,24H,14-15H2,1-5H3,(H,25,27)(H,26,28). The summed E-state index contributed by atoms with van der Waals surface area (Å²) in [6.45, 7) is 10.8. The summed E-state index contributed by atoms with van der Waals surface area (Å²) >= 11 is 0. The van der Waals surface area contributed by atoms with Gasteiger partial charge in [-0.2, -0.15) is 0 Å². The molecule has 0 saturated heterocycles. The van der Waals surface area contributed by atoms with Crippen LogP contribution in [0.4, 0.5) is 11.4 Å². The van der Waals surface area contributed by atoms with Gasteiger partial charge in [0.2, 0.25) is 5.91 Å². The molecule has 0 saturated carbocycles. The first-order valence-corrected chi connectivity index (χ1v) is 9.81. The number of rotatable bonds is 8. The average molecular weight is 398 g/mol. The zero-order chi connectivity index (χ0) is 21.4. The fraction of sp³-hybridized carbons (Fsp3) is 0.391. The normalized spacial score (nSPS) is 11.1. The highest BCUT2D eigenvalue weighted by molar-refractivity contribution is 5.95. The van der Waals surface area contributed by atoms with Gasteiger partial charge in [-0.1, -0.05) is 13.8 Å². The van der Waals surface area contributed by atoms with Crippen LogP contribution in [0.3, 0.4) is 0 Å². The van der Waals surface area contributed by atoms with E-state index in [9.17, 15) is 9.59 Å². The van der Waals surface area contributed by atoms with E-state index in [0.717, 1.165) is 11.4 Å². The van der Waals surface area contributed by atoms with Gasteiger partial charge >= 0.3 is 0 Å². The average Bonchev–Trinajstić information content (AvgIpc) is 2.65. The first kappa shape index (κ1) is 22.3. The van der Waals surface area contributed by atoms with Crippen molar-refractivity contribution in [2.45, 2.75) is 40.2 Å². The molecule has 2 amide bonds. The number of hydrogen-bond acceptors (Lipinski definition) is 4. The SMILES string of the molecule is CC(C)COc1ccc(NC(=O)CNc2ccc(C(=O)NC(C)(C)C)cc2)cc1. The highest BCUT2D eigenvalue weighted by Crippen LogP contribution is 2.16. The third-order valence-electron chi connectivity index (χ3n) is 3.81. The molecule has 2 rings (SSSR count). The summed E-state index contributed by atoms with van der Waals surface area (Å²) < 4.78 is 5.63. The third kappa shape index (κ3) is 8.25. The molecule has 0 aliphatic carbocycles. The molecule has 0 aromatic heterocycles. The summed E-state index contributed by atoms with van der Waals surface area (Å²) in [4.78, 5) is 24.3. The molecule has 0 fully saturated rings. The van der Waals surface area contributed by atoms with E-state index >= 15 is 0 Å². The maximum Gasteiger partial charge on any atom is 0.251 e. The van der Waals surface area contributed by atoms with Crippen LogP contribution in [0.25, 0.3) is 0 Å². The van der Waals surface area contributed by atoms with Crippen molar-refractivity contribution < 1.29 is 14.3 Å². The molecular formula is C23H31N3O3. The summed E-state index contributed by atoms with van der Waals surface area (Å²) in [5.41, 5.74) is 1.77. The summed E-state index contributed by atoms with van der Waals surface area (Å²) in [5.74, 6) is 0.964. The Labute approximate surface area is 173 Å². The van der Waals surface area contributed by atoms with E-state index in [1.165, 1.54) is 0 Å². The number of nitrogens with one attached hydrogen (secondary N) is 3. The van der Waals surface area contributed by atoms with Crippen LogP contribution in [0.2, 0.25) is 0 Å². The van der Waals surface area contributed by atoms with Crippen LogP contribution in [-0.4, -0.2) is 30.5 Å². The molecule has 0 unspecified atom stereocenters. The van der Waals surface area contributed by atoms with Gasteiger partial charge in [0, 0.05) is 22.5 Å². The summed E-state index contributed by atoms with van der Waals surface area (Å²) in [6.07, 6.45) is 0. The maximum absolute atomic E-state index is 12.1. The lowest BCUT2D eigenvalue weighted by molar-refractivity contribution is -0.114. The monoisotopic (exact) mass is 397 g/mol. The molecule has 3 N–H and O–H groups in total. The lowest BCUT2D eigenvalue weighted by Crippen LogP contribution is -2.40. The molecule has 0 aliphatic heterocycles. The predicted molar refractivity (Wildman–Crippen MR) is 118 cm³/mol. The second kappa shape index (κ2) is 9.96. The molecular weight excluding hydrogens is 366 g/mol. The molecule has 0 radical (unpaired) electrons. The van der Waals surface area contributed by atoms with Crippen molar-refractivity contribution in [2.75, 3.05) is 23.8 Å². The number of hydrogen-bond donors (Lipinski definition) is 3. The van der Waals surface area contributed by atoms with E-state index in [-0.39, 0.29) is 23.9 Å². The van der Waals surface area contributed by atoms with Crippen molar-refractivity contribution in [1.82, 2.24) is 5.32 Å². The Bertz CT molecular complexity index is 807. The van der Waals surface area contributed by atoms with E-state index in [2.05, 4.69) is 29.8 Å².